The van der Waals surface area contributed by atoms with Gasteiger partial charge in [-0.15, -0.1) is 0 Å². The molecule has 226 valence electrons. The Hall–Kier alpha value is -3.89. The Morgan fingerprint density at radius 3 is 2.51 bits per heavy atom. The minimum absolute atomic E-state index is 0.0610. The number of aliphatic hydroxyl groups is 1. The normalized spacial score (nSPS) is 17.6. The minimum atomic E-state index is -1.34. The molecule has 1 heterocycles. The van der Waals surface area contributed by atoms with Crippen molar-refractivity contribution in [2.24, 2.45) is 10.1 Å². The smallest absolute Gasteiger partial charge is 0.252 e. The lowest BCUT2D eigenvalue weighted by Crippen LogP contribution is -2.50. The third-order valence-corrected chi connectivity index (χ3v) is 7.68. The number of aliphatic hydroxyl groups excluding tert-OH is 1. The molecule has 1 aliphatic rings. The van der Waals surface area contributed by atoms with E-state index in [0.29, 0.717) is 36.8 Å². The van der Waals surface area contributed by atoms with E-state index in [0.717, 1.165) is 34.1 Å². The Kier molecular flexibility index (Phi) is 11.6. The first kappa shape index (κ1) is 32.0. The van der Waals surface area contributed by atoms with Crippen LogP contribution in [0.2, 0.25) is 0 Å². The topological polar surface area (TPSA) is 132 Å². The predicted octanol–water partition coefficient (Wildman–Crippen LogP) is 5.59. The van der Waals surface area contributed by atoms with E-state index in [1.807, 2.05) is 86.9 Å². The summed E-state index contributed by atoms with van der Waals surface area (Å²) < 4.78 is 13.2. The van der Waals surface area contributed by atoms with E-state index in [1.165, 1.54) is 0 Å². The van der Waals surface area contributed by atoms with Crippen LogP contribution in [0.4, 0.5) is 0 Å². The van der Waals surface area contributed by atoms with Crippen molar-refractivity contribution in [2.75, 3.05) is 40.4 Å². The van der Waals surface area contributed by atoms with Gasteiger partial charge in [0.2, 0.25) is 5.90 Å². The molecule has 3 aromatic carbocycles. The van der Waals surface area contributed by atoms with E-state index >= 15 is 0 Å². The first-order chi connectivity index (χ1) is 20.9. The molecule has 0 saturated carbocycles. The lowest BCUT2D eigenvalue weighted by atomic mass is 9.81. The molecule has 2 atom stereocenters. The molecule has 0 aliphatic carbocycles. The highest BCUT2D eigenvalue weighted by atomic mass is 79.9. The Balaban J connectivity index is 1.78. The van der Waals surface area contributed by atoms with Gasteiger partial charge >= 0.3 is 0 Å². The van der Waals surface area contributed by atoms with Crippen molar-refractivity contribution >= 4 is 27.7 Å². The zero-order chi connectivity index (χ0) is 30.7. The van der Waals surface area contributed by atoms with Gasteiger partial charge in [-0.2, -0.15) is 0 Å². The third-order valence-electron chi connectivity index (χ3n) is 7.15. The van der Waals surface area contributed by atoms with Gasteiger partial charge in [-0.05, 0) is 85.7 Å². The first-order valence-electron chi connectivity index (χ1n) is 14.2. The summed E-state index contributed by atoms with van der Waals surface area (Å²) in [5.41, 5.74) is 10.8. The molecule has 1 aliphatic heterocycles. The molecule has 3 aromatic rings. The summed E-state index contributed by atoms with van der Waals surface area (Å²) in [6.07, 6.45) is 0.827. The van der Waals surface area contributed by atoms with Crippen LogP contribution in [0.3, 0.4) is 0 Å². The van der Waals surface area contributed by atoms with Crippen LogP contribution in [0.25, 0.3) is 10.4 Å². The van der Waals surface area contributed by atoms with Crippen molar-refractivity contribution in [3.8, 4) is 5.75 Å². The molecule has 43 heavy (non-hydrogen) atoms. The van der Waals surface area contributed by atoms with Crippen LogP contribution >= 0.6 is 15.9 Å². The molecule has 0 spiro atoms. The molecule has 0 fully saturated rings. The Morgan fingerprint density at radius 1 is 1.12 bits per heavy atom. The summed E-state index contributed by atoms with van der Waals surface area (Å²) in [6, 6.07) is 22.7. The largest absolute Gasteiger partial charge is 0.494 e. The Bertz CT molecular complexity index is 1440. The van der Waals surface area contributed by atoms with Gasteiger partial charge in [-0.1, -0.05) is 57.4 Å². The van der Waals surface area contributed by atoms with Crippen LogP contribution in [0, 0.1) is 0 Å². The molecule has 2 N–H and O–H groups in total. The molecule has 4 rings (SSSR count). The van der Waals surface area contributed by atoms with Crippen LogP contribution < -0.4 is 10.1 Å². The van der Waals surface area contributed by atoms with Crippen LogP contribution in [0.15, 0.2) is 87.4 Å². The number of carbonyl (C=O) groups is 1. The van der Waals surface area contributed by atoms with Crippen molar-refractivity contribution in [3.63, 3.8) is 0 Å². The van der Waals surface area contributed by atoms with Crippen LogP contribution in [0.1, 0.15) is 41.2 Å². The second kappa shape index (κ2) is 15.5. The Morgan fingerprint density at radius 2 is 1.84 bits per heavy atom. The van der Waals surface area contributed by atoms with Gasteiger partial charge in [0.1, 0.15) is 5.75 Å². The maximum Gasteiger partial charge on any atom is 0.252 e. The maximum atomic E-state index is 14.3. The highest BCUT2D eigenvalue weighted by Crippen LogP contribution is 2.43. The lowest BCUT2D eigenvalue weighted by molar-refractivity contribution is -0.128. The number of halogens is 1. The van der Waals surface area contributed by atoms with Crippen molar-refractivity contribution < 1.29 is 19.4 Å². The molecular weight excluding hydrogens is 612 g/mol. The van der Waals surface area contributed by atoms with Crippen LogP contribution in [0.5, 0.6) is 5.75 Å². The zero-order valence-electron chi connectivity index (χ0n) is 24.4. The maximum absolute atomic E-state index is 14.3. The van der Waals surface area contributed by atoms with Crippen LogP contribution in [-0.2, 0) is 22.5 Å². The number of rotatable bonds is 15. The summed E-state index contributed by atoms with van der Waals surface area (Å²) in [6.45, 7) is 1.94. The van der Waals surface area contributed by atoms with E-state index in [2.05, 4.69) is 36.2 Å². The molecule has 0 aromatic heterocycles. The second-order valence-electron chi connectivity index (χ2n) is 10.6. The minimum Gasteiger partial charge on any atom is -0.494 e. The molecule has 11 heteroatoms. The van der Waals surface area contributed by atoms with Gasteiger partial charge in [0.15, 0.2) is 11.6 Å². The highest BCUT2D eigenvalue weighted by molar-refractivity contribution is 9.10. The number of ether oxygens (including phenoxy) is 2. The number of carbonyl (C=O) groups excluding carboxylic acids is 1. The van der Waals surface area contributed by atoms with Gasteiger partial charge in [-0.3, -0.25) is 4.79 Å². The van der Waals surface area contributed by atoms with E-state index in [-0.39, 0.29) is 25.5 Å². The van der Waals surface area contributed by atoms with Gasteiger partial charge in [0, 0.05) is 40.9 Å². The van der Waals surface area contributed by atoms with Gasteiger partial charge < -0.3 is 24.8 Å². The quantitative estimate of drug-likeness (QED) is 0.0960. The highest BCUT2D eigenvalue weighted by Gasteiger charge is 2.53. The number of aliphatic imine (C=N–C) groups is 1. The summed E-state index contributed by atoms with van der Waals surface area (Å²) >= 11 is 3.51. The van der Waals surface area contributed by atoms with E-state index in [1.54, 1.807) is 0 Å². The predicted molar refractivity (Wildman–Crippen MR) is 170 cm³/mol. The fourth-order valence-electron chi connectivity index (χ4n) is 4.95. The fourth-order valence-corrected chi connectivity index (χ4v) is 5.22. The number of amides is 1. The van der Waals surface area contributed by atoms with E-state index in [4.69, 9.17) is 25.1 Å². The summed E-state index contributed by atoms with van der Waals surface area (Å²) in [5.74, 6) is 0.777. The molecule has 10 nitrogen and oxygen atoms in total. The van der Waals surface area contributed by atoms with Crippen molar-refractivity contribution in [2.45, 2.75) is 37.5 Å². The molecule has 0 radical (unpaired) electrons. The van der Waals surface area contributed by atoms with Gasteiger partial charge in [-0.25, -0.2) is 4.99 Å². The SMILES string of the molecule is CN(C)CCCNC(=O)[C@]1(Cc2ccccc2CN=[N+]=[N-])N=C(c2ccc(OCCCO)cc2)O[C@@H]1c1ccc(Br)cc1. The first-order valence-corrected chi connectivity index (χ1v) is 15.0. The van der Waals surface area contributed by atoms with Crippen molar-refractivity contribution in [3.05, 3.63) is 110 Å². The standard InChI is InChI=1S/C32H37BrN6O4/c1-39(2)18-5-17-35-31(41)32(21-25-7-3-4-8-26(25)22-36-38-34)29(23-9-13-27(33)14-10-23)43-30(37-32)24-11-15-28(16-12-24)42-20-6-19-40/h3-4,7-16,29,40H,5-6,17-22H2,1-2H3,(H,35,41)/t29-,32-/m1/s1. The van der Waals surface area contributed by atoms with Gasteiger partial charge in [0.25, 0.3) is 5.91 Å². The van der Waals surface area contributed by atoms with E-state index < -0.39 is 11.6 Å². The molecule has 0 saturated heterocycles. The lowest BCUT2D eigenvalue weighted by Gasteiger charge is -2.31. The average molecular weight is 650 g/mol. The summed E-state index contributed by atoms with van der Waals surface area (Å²) in [4.78, 5) is 24.4. The zero-order valence-corrected chi connectivity index (χ0v) is 26.0. The van der Waals surface area contributed by atoms with Crippen molar-refractivity contribution in [1.29, 1.82) is 0 Å². The Labute approximate surface area is 260 Å². The third kappa shape index (κ3) is 8.36. The monoisotopic (exact) mass is 648 g/mol. The van der Waals surface area contributed by atoms with Crippen molar-refractivity contribution in [1.82, 2.24) is 10.2 Å². The number of nitrogens with zero attached hydrogens (tertiary/aromatic N) is 5. The summed E-state index contributed by atoms with van der Waals surface area (Å²) in [5, 5.41) is 16.0. The molecule has 1 amide bonds. The van der Waals surface area contributed by atoms with E-state index in [9.17, 15) is 4.79 Å². The number of hydrogen-bond donors (Lipinski definition) is 2. The summed E-state index contributed by atoms with van der Waals surface area (Å²) in [7, 11) is 4.00. The fraction of sp³-hybridized carbons (Fsp3) is 0.375. The number of benzene rings is 3. The van der Waals surface area contributed by atoms with Gasteiger partial charge in [0.05, 0.1) is 13.2 Å². The second-order valence-corrected chi connectivity index (χ2v) is 11.5. The number of hydrogen-bond acceptors (Lipinski definition) is 7. The van der Waals surface area contributed by atoms with Crippen LogP contribution in [-0.4, -0.2) is 67.7 Å². The number of azide groups is 1. The average Bonchev–Trinajstić information content (AvgIpc) is 3.40. The molecule has 0 unspecified atom stereocenters. The molecular formula is C32H37BrN6O4. The number of nitrogens with one attached hydrogen (secondary N) is 1. The molecule has 0 bridgehead atoms.